The SMILES string of the molecule is c1cnc2[nH]c(C3CCOCC3)c(CN3CCSCC3)c2c1. The van der Waals surface area contributed by atoms with Gasteiger partial charge < -0.3 is 9.72 Å². The molecule has 2 aromatic heterocycles. The molecule has 4 rings (SSSR count). The maximum absolute atomic E-state index is 5.54. The standard InChI is InChI=1S/C17H23N3OS/c1-2-14-15(12-20-6-10-22-11-7-20)16(19-17(14)18-5-1)13-3-8-21-9-4-13/h1-2,5,13H,3-4,6-12H2,(H,18,19). The van der Waals surface area contributed by atoms with Crippen LogP contribution in [0.15, 0.2) is 18.3 Å². The molecule has 0 aliphatic carbocycles. The summed E-state index contributed by atoms with van der Waals surface area (Å²) in [7, 11) is 0. The van der Waals surface area contributed by atoms with Gasteiger partial charge in [0.1, 0.15) is 5.65 Å². The average Bonchev–Trinajstić information content (AvgIpc) is 2.95. The van der Waals surface area contributed by atoms with Crippen molar-refractivity contribution in [1.82, 2.24) is 14.9 Å². The van der Waals surface area contributed by atoms with Crippen LogP contribution < -0.4 is 0 Å². The van der Waals surface area contributed by atoms with E-state index in [1.807, 2.05) is 6.20 Å². The zero-order chi connectivity index (χ0) is 14.8. The Labute approximate surface area is 135 Å². The first-order valence-corrected chi connectivity index (χ1v) is 9.40. The van der Waals surface area contributed by atoms with Crippen LogP contribution in [0.1, 0.15) is 30.0 Å². The summed E-state index contributed by atoms with van der Waals surface area (Å²) in [5.74, 6) is 3.11. The molecule has 2 fully saturated rings. The number of ether oxygens (including phenoxy) is 1. The summed E-state index contributed by atoms with van der Waals surface area (Å²) in [5.41, 5.74) is 3.93. The van der Waals surface area contributed by atoms with Crippen molar-refractivity contribution in [1.29, 1.82) is 0 Å². The zero-order valence-corrected chi connectivity index (χ0v) is 13.7. The highest BCUT2D eigenvalue weighted by atomic mass is 32.2. The molecule has 118 valence electrons. The van der Waals surface area contributed by atoms with Gasteiger partial charge in [-0.1, -0.05) is 0 Å². The number of hydrogen-bond donors (Lipinski definition) is 1. The molecule has 2 saturated heterocycles. The first-order valence-electron chi connectivity index (χ1n) is 8.25. The van der Waals surface area contributed by atoms with Gasteiger partial charge in [-0.25, -0.2) is 4.98 Å². The summed E-state index contributed by atoms with van der Waals surface area (Å²) in [6.45, 7) is 5.22. The number of H-pyrrole nitrogens is 1. The van der Waals surface area contributed by atoms with Crippen molar-refractivity contribution in [3.05, 3.63) is 29.6 Å². The van der Waals surface area contributed by atoms with Gasteiger partial charge in [0.25, 0.3) is 0 Å². The highest BCUT2D eigenvalue weighted by molar-refractivity contribution is 7.99. The summed E-state index contributed by atoms with van der Waals surface area (Å²) < 4.78 is 5.54. The number of aromatic amines is 1. The van der Waals surface area contributed by atoms with E-state index in [9.17, 15) is 0 Å². The van der Waals surface area contributed by atoms with Crippen molar-refractivity contribution in [3.63, 3.8) is 0 Å². The monoisotopic (exact) mass is 317 g/mol. The Kier molecular flexibility index (Phi) is 4.37. The lowest BCUT2D eigenvalue weighted by molar-refractivity contribution is 0.0843. The lowest BCUT2D eigenvalue weighted by Gasteiger charge is -2.28. The van der Waals surface area contributed by atoms with Crippen LogP contribution >= 0.6 is 11.8 Å². The molecule has 0 radical (unpaired) electrons. The van der Waals surface area contributed by atoms with Crippen LogP contribution in [0.4, 0.5) is 0 Å². The topological polar surface area (TPSA) is 41.1 Å². The predicted molar refractivity (Wildman–Crippen MR) is 91.5 cm³/mol. The minimum Gasteiger partial charge on any atom is -0.381 e. The molecule has 4 heterocycles. The normalized spacial score (nSPS) is 21.5. The number of nitrogens with zero attached hydrogens (tertiary/aromatic N) is 2. The lowest BCUT2D eigenvalue weighted by atomic mass is 9.93. The van der Waals surface area contributed by atoms with Gasteiger partial charge in [0.2, 0.25) is 0 Å². The second kappa shape index (κ2) is 6.60. The van der Waals surface area contributed by atoms with Crippen LogP contribution in [0.5, 0.6) is 0 Å². The molecule has 5 heteroatoms. The minimum absolute atomic E-state index is 0.595. The second-order valence-corrected chi connectivity index (χ2v) is 7.42. The van der Waals surface area contributed by atoms with Gasteiger partial charge in [-0.15, -0.1) is 0 Å². The summed E-state index contributed by atoms with van der Waals surface area (Å²) in [4.78, 5) is 10.8. The fraction of sp³-hybridized carbons (Fsp3) is 0.588. The largest absolute Gasteiger partial charge is 0.381 e. The molecule has 2 aromatic rings. The third-order valence-corrected chi connectivity index (χ3v) is 5.77. The van der Waals surface area contributed by atoms with E-state index in [-0.39, 0.29) is 0 Å². The van der Waals surface area contributed by atoms with E-state index in [1.54, 1.807) is 0 Å². The summed E-state index contributed by atoms with van der Waals surface area (Å²) in [6, 6.07) is 4.27. The Balaban J connectivity index is 1.69. The lowest BCUT2D eigenvalue weighted by Crippen LogP contribution is -2.32. The van der Waals surface area contributed by atoms with E-state index < -0.39 is 0 Å². The number of rotatable bonds is 3. The average molecular weight is 317 g/mol. The minimum atomic E-state index is 0.595. The van der Waals surface area contributed by atoms with Crippen LogP contribution in [0.3, 0.4) is 0 Å². The number of nitrogens with one attached hydrogen (secondary N) is 1. The quantitative estimate of drug-likeness (QED) is 0.945. The molecule has 2 aliphatic heterocycles. The van der Waals surface area contributed by atoms with E-state index in [2.05, 4.69) is 38.8 Å². The van der Waals surface area contributed by atoms with Gasteiger partial charge in [-0.3, -0.25) is 4.90 Å². The molecular weight excluding hydrogens is 294 g/mol. The van der Waals surface area contributed by atoms with Gasteiger partial charge >= 0.3 is 0 Å². The van der Waals surface area contributed by atoms with Gasteiger partial charge in [-0.2, -0.15) is 11.8 Å². The summed E-state index contributed by atoms with van der Waals surface area (Å²) in [6.07, 6.45) is 4.12. The molecule has 4 nitrogen and oxygen atoms in total. The van der Waals surface area contributed by atoms with Crippen molar-refractivity contribution < 1.29 is 4.74 Å². The number of aromatic nitrogens is 2. The second-order valence-electron chi connectivity index (χ2n) is 6.19. The van der Waals surface area contributed by atoms with E-state index >= 15 is 0 Å². The van der Waals surface area contributed by atoms with Gasteiger partial charge in [0.15, 0.2) is 0 Å². The van der Waals surface area contributed by atoms with Crippen LogP contribution in [0, 0.1) is 0 Å². The number of pyridine rings is 1. The van der Waals surface area contributed by atoms with Gasteiger partial charge in [-0.05, 0) is 30.5 Å². The van der Waals surface area contributed by atoms with E-state index in [0.29, 0.717) is 5.92 Å². The zero-order valence-electron chi connectivity index (χ0n) is 12.9. The molecule has 0 aromatic carbocycles. The number of fused-ring (bicyclic) bond motifs is 1. The Morgan fingerprint density at radius 3 is 2.91 bits per heavy atom. The van der Waals surface area contributed by atoms with E-state index in [4.69, 9.17) is 4.74 Å². The van der Waals surface area contributed by atoms with Crippen LogP contribution in [0.25, 0.3) is 11.0 Å². The molecule has 0 saturated carbocycles. The number of thioether (sulfide) groups is 1. The molecule has 1 N–H and O–H groups in total. The molecule has 0 unspecified atom stereocenters. The van der Waals surface area contributed by atoms with E-state index in [1.165, 1.54) is 41.2 Å². The van der Waals surface area contributed by atoms with Crippen molar-refractivity contribution in [2.45, 2.75) is 25.3 Å². The van der Waals surface area contributed by atoms with Crippen molar-refractivity contribution in [2.24, 2.45) is 0 Å². The highest BCUT2D eigenvalue weighted by Crippen LogP contribution is 2.33. The predicted octanol–water partition coefficient (Wildman–Crippen LogP) is 3.01. The van der Waals surface area contributed by atoms with Gasteiger partial charge in [0, 0.05) is 67.5 Å². The molecular formula is C17H23N3OS. The maximum Gasteiger partial charge on any atom is 0.137 e. The molecule has 0 spiro atoms. The van der Waals surface area contributed by atoms with E-state index in [0.717, 1.165) is 38.2 Å². The van der Waals surface area contributed by atoms with Crippen molar-refractivity contribution in [3.8, 4) is 0 Å². The first-order chi connectivity index (χ1) is 10.9. The third-order valence-electron chi connectivity index (χ3n) is 4.83. The Morgan fingerprint density at radius 1 is 1.27 bits per heavy atom. The molecule has 0 atom stereocenters. The highest BCUT2D eigenvalue weighted by Gasteiger charge is 2.24. The third kappa shape index (κ3) is 2.90. The van der Waals surface area contributed by atoms with Crippen LogP contribution in [-0.2, 0) is 11.3 Å². The fourth-order valence-corrected chi connectivity index (χ4v) is 4.56. The Morgan fingerprint density at radius 2 is 2.09 bits per heavy atom. The Bertz CT molecular complexity index is 630. The fourth-order valence-electron chi connectivity index (χ4n) is 3.58. The van der Waals surface area contributed by atoms with Crippen LogP contribution in [0.2, 0.25) is 0 Å². The Hall–Kier alpha value is -1.04. The van der Waals surface area contributed by atoms with Gasteiger partial charge in [0.05, 0.1) is 0 Å². The molecule has 0 bridgehead atoms. The molecule has 2 aliphatic rings. The molecule has 0 amide bonds. The molecule has 22 heavy (non-hydrogen) atoms. The smallest absolute Gasteiger partial charge is 0.137 e. The summed E-state index contributed by atoms with van der Waals surface area (Å²) >= 11 is 2.07. The number of hydrogen-bond acceptors (Lipinski definition) is 4. The first kappa shape index (κ1) is 14.5. The summed E-state index contributed by atoms with van der Waals surface area (Å²) in [5, 5.41) is 1.31. The van der Waals surface area contributed by atoms with Crippen molar-refractivity contribution >= 4 is 22.8 Å². The maximum atomic E-state index is 5.54. The van der Waals surface area contributed by atoms with Crippen LogP contribution in [-0.4, -0.2) is 52.7 Å². The van der Waals surface area contributed by atoms with Crippen molar-refractivity contribution in [2.75, 3.05) is 37.8 Å².